The van der Waals surface area contributed by atoms with Crippen molar-refractivity contribution in [2.24, 2.45) is 0 Å². The number of hydrogen-bond donors (Lipinski definition) is 1. The highest BCUT2D eigenvalue weighted by atomic mass is 35.5. The van der Waals surface area contributed by atoms with E-state index in [1.54, 1.807) is 41.7 Å². The van der Waals surface area contributed by atoms with Crippen LogP contribution in [0.25, 0.3) is 0 Å². The van der Waals surface area contributed by atoms with Crippen LogP contribution in [-0.4, -0.2) is 43.5 Å². The van der Waals surface area contributed by atoms with Crippen LogP contribution in [0.5, 0.6) is 0 Å². The number of carbonyl (C=O) groups excluding carboxylic acids is 1. The molecule has 1 unspecified atom stereocenters. The van der Waals surface area contributed by atoms with Crippen LogP contribution in [-0.2, 0) is 4.74 Å². The molecule has 1 aliphatic heterocycles. The van der Waals surface area contributed by atoms with Crippen molar-refractivity contribution in [3.8, 4) is 0 Å². The molecule has 1 saturated heterocycles. The maximum Gasteiger partial charge on any atom is 0.187 e. The summed E-state index contributed by atoms with van der Waals surface area (Å²) >= 11 is 7.64. The van der Waals surface area contributed by atoms with Crippen LogP contribution in [0.3, 0.4) is 0 Å². The average molecular weight is 391 g/mol. The van der Waals surface area contributed by atoms with E-state index in [0.717, 1.165) is 38.5 Å². The predicted octanol–water partition coefficient (Wildman–Crippen LogP) is 4.15. The third-order valence-electron chi connectivity index (χ3n) is 4.41. The van der Waals surface area contributed by atoms with Crippen molar-refractivity contribution in [2.75, 3.05) is 32.8 Å². The number of nitrogens with one attached hydrogen (secondary N) is 1. The van der Waals surface area contributed by atoms with Crippen molar-refractivity contribution in [3.63, 3.8) is 0 Å². The molecule has 2 heterocycles. The highest BCUT2D eigenvalue weighted by Crippen LogP contribution is 2.25. The summed E-state index contributed by atoms with van der Waals surface area (Å²) < 4.78 is 5.48. The molecule has 1 N–H and O–H groups in total. The van der Waals surface area contributed by atoms with Gasteiger partial charge in [0.05, 0.1) is 19.3 Å². The van der Waals surface area contributed by atoms with Crippen LogP contribution >= 0.6 is 22.9 Å². The third-order valence-corrected chi connectivity index (χ3v) is 5.63. The van der Waals surface area contributed by atoms with Crippen molar-refractivity contribution in [1.29, 1.82) is 0 Å². The molecule has 138 valence electrons. The topological polar surface area (TPSA) is 41.6 Å². The molecule has 1 aromatic carbocycles. The molecule has 1 fully saturated rings. The standard InChI is InChI=1S/C20H23ClN2O2S/c1-15(13-19(24)16-4-6-17(21)7-5-16)22-14-18(20-3-2-12-26-20)23-8-10-25-11-9-23/h2-7,12-13,18,22H,8-11,14H2,1H3/b15-13+. The Morgan fingerprint density at radius 1 is 1.31 bits per heavy atom. The highest BCUT2D eigenvalue weighted by Gasteiger charge is 2.23. The van der Waals surface area contributed by atoms with E-state index in [0.29, 0.717) is 10.6 Å². The number of benzene rings is 1. The number of halogens is 1. The first-order valence-corrected chi connectivity index (χ1v) is 9.96. The summed E-state index contributed by atoms with van der Waals surface area (Å²) in [6.45, 7) is 6.08. The normalized spacial score (nSPS) is 17.1. The minimum Gasteiger partial charge on any atom is -0.387 e. The Morgan fingerprint density at radius 2 is 2.04 bits per heavy atom. The molecule has 0 spiro atoms. The van der Waals surface area contributed by atoms with Gasteiger partial charge in [0.15, 0.2) is 5.78 Å². The summed E-state index contributed by atoms with van der Waals surface area (Å²) in [6, 6.07) is 11.5. The van der Waals surface area contributed by atoms with Gasteiger partial charge in [-0.25, -0.2) is 0 Å². The number of ketones is 1. The van der Waals surface area contributed by atoms with Gasteiger partial charge in [0, 0.05) is 46.9 Å². The molecule has 6 heteroatoms. The molecular formula is C20H23ClN2O2S. The smallest absolute Gasteiger partial charge is 0.187 e. The van der Waals surface area contributed by atoms with E-state index >= 15 is 0 Å². The quantitative estimate of drug-likeness (QED) is 0.569. The molecule has 2 aromatic rings. The van der Waals surface area contributed by atoms with Crippen molar-refractivity contribution in [2.45, 2.75) is 13.0 Å². The molecule has 0 bridgehead atoms. The van der Waals surface area contributed by atoms with Gasteiger partial charge in [-0.3, -0.25) is 9.69 Å². The number of morpholine rings is 1. The number of nitrogens with zero attached hydrogens (tertiary/aromatic N) is 1. The van der Waals surface area contributed by atoms with Gasteiger partial charge in [0.2, 0.25) is 0 Å². The van der Waals surface area contributed by atoms with Gasteiger partial charge in [-0.15, -0.1) is 11.3 Å². The Kier molecular flexibility index (Phi) is 6.86. The van der Waals surface area contributed by atoms with Crippen LogP contribution in [0.2, 0.25) is 5.02 Å². The fraction of sp³-hybridized carbons (Fsp3) is 0.350. The summed E-state index contributed by atoms with van der Waals surface area (Å²) in [4.78, 5) is 16.1. The van der Waals surface area contributed by atoms with Gasteiger partial charge in [0.25, 0.3) is 0 Å². The van der Waals surface area contributed by atoms with Crippen molar-refractivity contribution >= 4 is 28.7 Å². The lowest BCUT2D eigenvalue weighted by Gasteiger charge is -2.34. The Balaban J connectivity index is 1.64. The minimum absolute atomic E-state index is 0.0225. The lowest BCUT2D eigenvalue weighted by molar-refractivity contribution is 0.0173. The summed E-state index contributed by atoms with van der Waals surface area (Å²) in [5, 5.41) is 6.15. The molecule has 0 saturated carbocycles. The lowest BCUT2D eigenvalue weighted by Crippen LogP contribution is -2.42. The second kappa shape index (κ2) is 9.33. The maximum absolute atomic E-state index is 12.4. The van der Waals surface area contributed by atoms with Crippen LogP contribution in [0.15, 0.2) is 53.6 Å². The molecule has 0 aliphatic carbocycles. The zero-order valence-corrected chi connectivity index (χ0v) is 16.4. The fourth-order valence-corrected chi connectivity index (χ4v) is 3.97. The molecule has 1 aliphatic rings. The van der Waals surface area contributed by atoms with Crippen molar-refractivity contribution in [1.82, 2.24) is 10.2 Å². The second-order valence-electron chi connectivity index (χ2n) is 6.26. The van der Waals surface area contributed by atoms with E-state index in [1.165, 1.54) is 4.88 Å². The minimum atomic E-state index is -0.0225. The van der Waals surface area contributed by atoms with E-state index in [4.69, 9.17) is 16.3 Å². The largest absolute Gasteiger partial charge is 0.387 e. The van der Waals surface area contributed by atoms with E-state index in [9.17, 15) is 4.79 Å². The molecule has 4 nitrogen and oxygen atoms in total. The molecule has 1 atom stereocenters. The first-order valence-electron chi connectivity index (χ1n) is 8.71. The zero-order valence-electron chi connectivity index (χ0n) is 14.8. The summed E-state index contributed by atoms with van der Waals surface area (Å²) in [5.41, 5.74) is 1.50. The van der Waals surface area contributed by atoms with Crippen LogP contribution in [0, 0.1) is 0 Å². The van der Waals surface area contributed by atoms with Gasteiger partial charge in [0.1, 0.15) is 0 Å². The van der Waals surface area contributed by atoms with Crippen LogP contribution in [0.4, 0.5) is 0 Å². The van der Waals surface area contributed by atoms with Crippen molar-refractivity contribution in [3.05, 3.63) is 69.0 Å². The summed E-state index contributed by atoms with van der Waals surface area (Å²) in [5.74, 6) is -0.0225. The number of rotatable bonds is 7. The molecule has 1 aromatic heterocycles. The number of carbonyl (C=O) groups is 1. The van der Waals surface area contributed by atoms with Gasteiger partial charge >= 0.3 is 0 Å². The summed E-state index contributed by atoms with van der Waals surface area (Å²) in [6.07, 6.45) is 1.65. The third kappa shape index (κ3) is 5.17. The lowest BCUT2D eigenvalue weighted by atomic mass is 10.1. The molecule has 3 rings (SSSR count). The van der Waals surface area contributed by atoms with E-state index in [-0.39, 0.29) is 11.8 Å². The Labute approximate surface area is 163 Å². The first kappa shape index (κ1) is 19.1. The second-order valence-corrected chi connectivity index (χ2v) is 7.67. The monoisotopic (exact) mass is 390 g/mol. The molecule has 26 heavy (non-hydrogen) atoms. The SMILES string of the molecule is C/C(=C\C(=O)c1ccc(Cl)cc1)NCC(c1cccs1)N1CCOCC1. The van der Waals surface area contributed by atoms with Crippen molar-refractivity contribution < 1.29 is 9.53 Å². The Morgan fingerprint density at radius 3 is 2.69 bits per heavy atom. The fourth-order valence-electron chi connectivity index (χ4n) is 2.98. The van der Waals surface area contributed by atoms with Gasteiger partial charge in [-0.1, -0.05) is 17.7 Å². The van der Waals surface area contributed by atoms with E-state index in [2.05, 4.69) is 27.7 Å². The van der Waals surface area contributed by atoms with Gasteiger partial charge < -0.3 is 10.1 Å². The number of allylic oxidation sites excluding steroid dienone is 2. The van der Waals surface area contributed by atoms with Crippen LogP contribution < -0.4 is 5.32 Å². The van der Waals surface area contributed by atoms with E-state index in [1.807, 2.05) is 6.92 Å². The Bertz CT molecular complexity index is 738. The van der Waals surface area contributed by atoms with Gasteiger partial charge in [-0.05, 0) is 42.6 Å². The average Bonchev–Trinajstić information content (AvgIpc) is 3.17. The zero-order chi connectivity index (χ0) is 18.4. The summed E-state index contributed by atoms with van der Waals surface area (Å²) in [7, 11) is 0. The number of thiophene rings is 1. The Hall–Kier alpha value is -1.66. The number of hydrogen-bond acceptors (Lipinski definition) is 5. The van der Waals surface area contributed by atoms with Crippen LogP contribution in [0.1, 0.15) is 28.2 Å². The number of ether oxygens (including phenoxy) is 1. The van der Waals surface area contributed by atoms with Gasteiger partial charge in [-0.2, -0.15) is 0 Å². The van der Waals surface area contributed by atoms with E-state index < -0.39 is 0 Å². The molecule has 0 amide bonds. The molecule has 0 radical (unpaired) electrons. The highest BCUT2D eigenvalue weighted by molar-refractivity contribution is 7.10. The maximum atomic E-state index is 12.4. The first-order chi connectivity index (χ1) is 12.6. The molecular weight excluding hydrogens is 368 g/mol. The predicted molar refractivity (Wildman–Crippen MR) is 107 cm³/mol.